The summed E-state index contributed by atoms with van der Waals surface area (Å²) in [6.45, 7) is -0.162. The van der Waals surface area contributed by atoms with Gasteiger partial charge in [-0.3, -0.25) is 0 Å². The van der Waals surface area contributed by atoms with Gasteiger partial charge in [0.05, 0.1) is 6.61 Å². The van der Waals surface area contributed by atoms with Crippen molar-refractivity contribution in [2.24, 2.45) is 0 Å². The summed E-state index contributed by atoms with van der Waals surface area (Å²) in [6, 6.07) is 0. The first-order valence-corrected chi connectivity index (χ1v) is 5.49. The lowest BCUT2D eigenvalue weighted by atomic mass is 9.85. The zero-order valence-electron chi connectivity index (χ0n) is 8.50. The molecule has 2 aliphatic carbocycles. The van der Waals surface area contributed by atoms with Gasteiger partial charge in [-0.25, -0.2) is 0 Å². The van der Waals surface area contributed by atoms with Gasteiger partial charge in [-0.2, -0.15) is 0 Å². The van der Waals surface area contributed by atoms with Crippen molar-refractivity contribution in [3.63, 3.8) is 0 Å². The molecule has 0 spiro atoms. The predicted molar refractivity (Wildman–Crippen MR) is 55.9 cm³/mol. The molecular formula is C12H18O2. The maximum Gasteiger partial charge on any atom is 0.130 e. The summed E-state index contributed by atoms with van der Waals surface area (Å²) >= 11 is 0. The van der Waals surface area contributed by atoms with Crippen molar-refractivity contribution in [2.45, 2.75) is 44.1 Å². The van der Waals surface area contributed by atoms with Crippen LogP contribution in [0.3, 0.4) is 0 Å². The second-order valence-corrected chi connectivity index (χ2v) is 4.26. The predicted octanol–water partition coefficient (Wildman–Crippen LogP) is 1.93. The molecule has 0 atom stereocenters. The van der Waals surface area contributed by atoms with Crippen LogP contribution in [-0.4, -0.2) is 22.4 Å². The van der Waals surface area contributed by atoms with Crippen LogP contribution in [0.1, 0.15) is 38.5 Å². The Hall–Kier alpha value is -0.600. The molecular weight excluding hydrogens is 176 g/mol. The van der Waals surface area contributed by atoms with Gasteiger partial charge in [0, 0.05) is 0 Å². The largest absolute Gasteiger partial charge is 0.393 e. The summed E-state index contributed by atoms with van der Waals surface area (Å²) in [6.07, 6.45) is 10.4. The molecule has 0 aliphatic heterocycles. The Morgan fingerprint density at radius 1 is 1.07 bits per heavy atom. The van der Waals surface area contributed by atoms with Crippen LogP contribution in [0.5, 0.6) is 0 Å². The molecule has 78 valence electrons. The molecule has 2 rings (SSSR count). The van der Waals surface area contributed by atoms with E-state index in [1.807, 2.05) is 0 Å². The summed E-state index contributed by atoms with van der Waals surface area (Å²) in [5, 5.41) is 19.8. The highest BCUT2D eigenvalue weighted by atomic mass is 16.3. The highest BCUT2D eigenvalue weighted by Gasteiger charge is 2.36. The lowest BCUT2D eigenvalue weighted by Gasteiger charge is -2.29. The van der Waals surface area contributed by atoms with Gasteiger partial charge in [-0.1, -0.05) is 12.2 Å². The first-order valence-electron chi connectivity index (χ1n) is 5.49. The summed E-state index contributed by atoms with van der Waals surface area (Å²) in [7, 11) is 0. The van der Waals surface area contributed by atoms with E-state index in [1.165, 1.54) is 0 Å². The molecule has 2 aliphatic rings. The van der Waals surface area contributed by atoms with Crippen molar-refractivity contribution >= 4 is 0 Å². The molecule has 0 aromatic heterocycles. The van der Waals surface area contributed by atoms with Crippen LogP contribution in [0, 0.1) is 0 Å². The number of aliphatic hydroxyl groups is 2. The van der Waals surface area contributed by atoms with E-state index in [9.17, 15) is 10.2 Å². The van der Waals surface area contributed by atoms with Gasteiger partial charge in [0.1, 0.15) is 5.60 Å². The number of hydrogen-bond donors (Lipinski definition) is 2. The van der Waals surface area contributed by atoms with Crippen LogP contribution < -0.4 is 0 Å². The Labute approximate surface area is 85.0 Å². The maximum atomic E-state index is 10.4. The molecule has 0 saturated heterocycles. The third-order valence-corrected chi connectivity index (χ3v) is 3.37. The van der Waals surface area contributed by atoms with Crippen LogP contribution in [-0.2, 0) is 0 Å². The fraction of sp³-hybridized carbons (Fsp3) is 0.667. The average molecular weight is 194 g/mol. The number of rotatable bonds is 3. The third-order valence-electron chi connectivity index (χ3n) is 3.37. The molecule has 0 unspecified atom stereocenters. The third kappa shape index (κ3) is 1.53. The minimum atomic E-state index is -1.02. The van der Waals surface area contributed by atoms with E-state index in [0.717, 1.165) is 49.7 Å². The Morgan fingerprint density at radius 3 is 1.86 bits per heavy atom. The number of hydrogen-bond acceptors (Lipinski definition) is 2. The first-order chi connectivity index (χ1) is 6.77. The lowest BCUT2D eigenvalue weighted by molar-refractivity contribution is 0.0444. The Morgan fingerprint density at radius 2 is 1.57 bits per heavy atom. The quantitative estimate of drug-likeness (QED) is 0.674. The first kappa shape index (κ1) is 9.94. The van der Waals surface area contributed by atoms with Crippen LogP contribution >= 0.6 is 0 Å². The van der Waals surface area contributed by atoms with Gasteiger partial charge in [-0.05, 0) is 49.7 Å². The van der Waals surface area contributed by atoms with E-state index in [2.05, 4.69) is 12.2 Å². The van der Waals surface area contributed by atoms with Crippen molar-refractivity contribution < 1.29 is 10.2 Å². The van der Waals surface area contributed by atoms with Crippen LogP contribution in [0.2, 0.25) is 0 Å². The topological polar surface area (TPSA) is 40.5 Å². The number of aliphatic hydroxyl groups excluding tert-OH is 1. The fourth-order valence-corrected chi connectivity index (χ4v) is 2.50. The Kier molecular flexibility index (Phi) is 2.75. The van der Waals surface area contributed by atoms with E-state index >= 15 is 0 Å². The van der Waals surface area contributed by atoms with E-state index in [4.69, 9.17) is 0 Å². The van der Waals surface area contributed by atoms with Crippen molar-refractivity contribution in [1.29, 1.82) is 0 Å². The van der Waals surface area contributed by atoms with E-state index in [-0.39, 0.29) is 6.61 Å². The highest BCUT2D eigenvalue weighted by Crippen LogP contribution is 2.38. The fourth-order valence-electron chi connectivity index (χ4n) is 2.50. The normalized spacial score (nSPS) is 22.4. The van der Waals surface area contributed by atoms with Gasteiger partial charge < -0.3 is 10.2 Å². The lowest BCUT2D eigenvalue weighted by Crippen LogP contribution is -2.36. The van der Waals surface area contributed by atoms with E-state index < -0.39 is 5.60 Å². The van der Waals surface area contributed by atoms with Crippen molar-refractivity contribution in [2.75, 3.05) is 6.61 Å². The standard InChI is InChI=1S/C12H18O2/c13-9-12(14,10-5-1-2-6-10)11-7-3-4-8-11/h5,7,13-14H,1-4,6,8-9H2. The molecule has 2 nitrogen and oxygen atoms in total. The molecule has 2 N–H and O–H groups in total. The summed E-state index contributed by atoms with van der Waals surface area (Å²) in [4.78, 5) is 0. The molecule has 0 saturated carbocycles. The molecule has 0 aromatic rings. The second-order valence-electron chi connectivity index (χ2n) is 4.26. The summed E-state index contributed by atoms with van der Waals surface area (Å²) < 4.78 is 0. The maximum absolute atomic E-state index is 10.4. The highest BCUT2D eigenvalue weighted by molar-refractivity contribution is 5.35. The summed E-state index contributed by atoms with van der Waals surface area (Å²) in [5.41, 5.74) is 1.05. The molecule has 2 heteroatoms. The van der Waals surface area contributed by atoms with Crippen LogP contribution in [0.25, 0.3) is 0 Å². The summed E-state index contributed by atoms with van der Waals surface area (Å²) in [5.74, 6) is 0. The molecule has 0 amide bonds. The van der Waals surface area contributed by atoms with E-state index in [0.29, 0.717) is 0 Å². The van der Waals surface area contributed by atoms with Gasteiger partial charge in [0.25, 0.3) is 0 Å². The minimum Gasteiger partial charge on any atom is -0.393 e. The molecule has 0 aromatic carbocycles. The Balaban J connectivity index is 2.23. The zero-order valence-corrected chi connectivity index (χ0v) is 8.50. The number of allylic oxidation sites excluding steroid dienone is 2. The van der Waals surface area contributed by atoms with Gasteiger partial charge in [-0.15, -0.1) is 0 Å². The van der Waals surface area contributed by atoms with Gasteiger partial charge in [0.2, 0.25) is 0 Å². The smallest absolute Gasteiger partial charge is 0.130 e. The monoisotopic (exact) mass is 194 g/mol. The average Bonchev–Trinajstić information content (AvgIpc) is 2.88. The molecule has 0 heterocycles. The molecule has 0 bridgehead atoms. The van der Waals surface area contributed by atoms with Gasteiger partial charge >= 0.3 is 0 Å². The molecule has 14 heavy (non-hydrogen) atoms. The van der Waals surface area contributed by atoms with E-state index in [1.54, 1.807) is 0 Å². The van der Waals surface area contributed by atoms with Crippen LogP contribution in [0.15, 0.2) is 23.3 Å². The molecule has 0 radical (unpaired) electrons. The zero-order chi connectivity index (χ0) is 10.0. The van der Waals surface area contributed by atoms with Crippen LogP contribution in [0.4, 0.5) is 0 Å². The molecule has 0 fully saturated rings. The van der Waals surface area contributed by atoms with Crippen molar-refractivity contribution in [3.05, 3.63) is 23.3 Å². The van der Waals surface area contributed by atoms with Crippen molar-refractivity contribution in [3.8, 4) is 0 Å². The minimum absolute atomic E-state index is 0.162. The second kappa shape index (κ2) is 3.87. The van der Waals surface area contributed by atoms with Crippen molar-refractivity contribution in [1.82, 2.24) is 0 Å². The van der Waals surface area contributed by atoms with Gasteiger partial charge in [0.15, 0.2) is 0 Å². The SMILES string of the molecule is OCC(O)(C1=CCCC1)C1=CCCC1. The Bertz CT molecular complexity index is 252.